The number of thiophene rings is 1. The lowest BCUT2D eigenvalue weighted by Crippen LogP contribution is -2.19. The first-order valence-electron chi connectivity index (χ1n) is 8.37. The Bertz CT molecular complexity index is 1220. The summed E-state index contributed by atoms with van der Waals surface area (Å²) in [4.78, 5) is 24.4. The third kappa shape index (κ3) is 3.01. The quantitative estimate of drug-likeness (QED) is 0.642. The summed E-state index contributed by atoms with van der Waals surface area (Å²) in [6.07, 6.45) is 4.79. The molecular weight excluding hydrogens is 389 g/mol. The monoisotopic (exact) mass is 404 g/mol. The van der Waals surface area contributed by atoms with E-state index < -0.39 is 12.1 Å². The van der Waals surface area contributed by atoms with E-state index in [1.54, 1.807) is 6.20 Å². The second-order valence-corrected chi connectivity index (χ2v) is 7.51. The summed E-state index contributed by atoms with van der Waals surface area (Å²) in [6.45, 7) is 0. The molecule has 1 atom stereocenters. The van der Waals surface area contributed by atoms with Gasteiger partial charge in [-0.05, 0) is 18.2 Å². The Morgan fingerprint density at radius 2 is 2.00 bits per heavy atom. The van der Waals surface area contributed by atoms with Gasteiger partial charge in [0.1, 0.15) is 15.9 Å². The highest BCUT2D eigenvalue weighted by Crippen LogP contribution is 2.35. The molecule has 0 amide bonds. The van der Waals surface area contributed by atoms with Crippen LogP contribution < -0.4 is 10.5 Å². The number of fused-ring (bicyclic) bond motifs is 3. The number of hydrogen-bond donors (Lipinski definition) is 0. The summed E-state index contributed by atoms with van der Waals surface area (Å²) in [5.74, 6) is -1.69. The molecule has 0 spiro atoms. The van der Waals surface area contributed by atoms with Gasteiger partial charge in [-0.15, -0.1) is 11.3 Å². The molecule has 4 rings (SSSR count). The predicted octanol–water partition coefficient (Wildman–Crippen LogP) is 4.22. The van der Waals surface area contributed by atoms with Crippen LogP contribution in [-0.2, 0) is 0 Å². The fraction of sp³-hybridized carbons (Fsp3) is 0.211. The molecule has 0 bridgehead atoms. The fourth-order valence-electron chi connectivity index (χ4n) is 3.07. The van der Waals surface area contributed by atoms with Crippen LogP contribution in [0.2, 0.25) is 0 Å². The Balaban J connectivity index is 1.87. The molecule has 0 saturated carbocycles. The average molecular weight is 404 g/mol. The lowest BCUT2D eigenvalue weighted by atomic mass is 10.1. The van der Waals surface area contributed by atoms with Crippen molar-refractivity contribution in [2.75, 3.05) is 19.0 Å². The molecule has 28 heavy (non-hydrogen) atoms. The Hall–Kier alpha value is -2.94. The summed E-state index contributed by atoms with van der Waals surface area (Å²) in [5.41, 5.74) is 1.42. The van der Waals surface area contributed by atoms with Gasteiger partial charge in [0.15, 0.2) is 0 Å². The average Bonchev–Trinajstić information content (AvgIpc) is 2.83. The molecule has 3 heterocycles. The van der Waals surface area contributed by atoms with Crippen molar-refractivity contribution in [3.63, 3.8) is 0 Å². The third-order valence-electron chi connectivity index (χ3n) is 4.46. The number of aromatic nitrogens is 3. The van der Waals surface area contributed by atoms with E-state index in [0.717, 1.165) is 23.2 Å². The highest BCUT2D eigenvalue weighted by atomic mass is 32.1. The summed E-state index contributed by atoms with van der Waals surface area (Å²) in [7, 11) is 3.79. The zero-order chi connectivity index (χ0) is 20.1. The van der Waals surface area contributed by atoms with Crippen molar-refractivity contribution in [3.8, 4) is 0 Å². The Morgan fingerprint density at radius 3 is 2.71 bits per heavy atom. The lowest BCUT2D eigenvalue weighted by Gasteiger charge is -2.13. The van der Waals surface area contributed by atoms with Crippen LogP contribution in [0, 0.1) is 5.92 Å². The smallest absolute Gasteiger partial charge is 0.377 e. The molecular formula is C19H15F3N4OS. The number of alkyl halides is 3. The molecule has 0 aromatic carbocycles. The van der Waals surface area contributed by atoms with Crippen molar-refractivity contribution in [1.29, 1.82) is 0 Å². The van der Waals surface area contributed by atoms with Crippen LogP contribution in [0.4, 0.5) is 18.9 Å². The molecule has 0 radical (unpaired) electrons. The van der Waals surface area contributed by atoms with Gasteiger partial charge >= 0.3 is 6.18 Å². The molecule has 1 aliphatic carbocycles. The lowest BCUT2D eigenvalue weighted by molar-refractivity contribution is -0.148. The predicted molar refractivity (Wildman–Crippen MR) is 106 cm³/mol. The van der Waals surface area contributed by atoms with E-state index in [4.69, 9.17) is 0 Å². The maximum Gasteiger partial charge on any atom is 0.398 e. The normalized spacial score (nSPS) is 17.2. The van der Waals surface area contributed by atoms with E-state index in [1.807, 2.05) is 25.1 Å². The number of allylic oxidation sites excluding steroid dienone is 6. The van der Waals surface area contributed by atoms with E-state index in [9.17, 15) is 18.0 Å². The zero-order valence-electron chi connectivity index (χ0n) is 14.9. The number of pyridine rings is 1. The SMILES string of the molecule is CN(C)c1ccnc2sc3c(=O)n(C4=CC=CC(C(F)(F)F)C=C4)cnc3c12. The maximum atomic E-state index is 13.0. The van der Waals surface area contributed by atoms with Crippen LogP contribution in [0.15, 0.2) is 53.8 Å². The summed E-state index contributed by atoms with van der Waals surface area (Å²) >= 11 is 1.23. The summed E-state index contributed by atoms with van der Waals surface area (Å²) in [5, 5.41) is 0.791. The van der Waals surface area contributed by atoms with Crippen LogP contribution >= 0.6 is 11.3 Å². The molecule has 0 fully saturated rings. The van der Waals surface area contributed by atoms with Gasteiger partial charge in [0, 0.05) is 26.0 Å². The Labute approximate surface area is 161 Å². The standard InChI is InChI=1S/C19H15F3N4OS/c1-25(2)13-8-9-23-17-14(13)15-16(28-17)18(27)26(10-24-15)12-5-3-4-11(6-7-12)19(20,21)22/h3-11H,1-2H3. The van der Waals surface area contributed by atoms with Crippen LogP contribution in [-0.4, -0.2) is 34.8 Å². The molecule has 1 unspecified atom stereocenters. The van der Waals surface area contributed by atoms with Crippen LogP contribution in [0.3, 0.4) is 0 Å². The Morgan fingerprint density at radius 1 is 1.21 bits per heavy atom. The van der Waals surface area contributed by atoms with Crippen LogP contribution in [0.1, 0.15) is 0 Å². The van der Waals surface area contributed by atoms with E-state index in [1.165, 1.54) is 40.5 Å². The number of halogens is 3. The number of hydrogen-bond acceptors (Lipinski definition) is 5. The van der Waals surface area contributed by atoms with E-state index in [0.29, 0.717) is 20.7 Å². The largest absolute Gasteiger partial charge is 0.398 e. The van der Waals surface area contributed by atoms with E-state index in [2.05, 4.69) is 9.97 Å². The van der Waals surface area contributed by atoms with Gasteiger partial charge in [0.2, 0.25) is 0 Å². The molecule has 3 aromatic heterocycles. The van der Waals surface area contributed by atoms with E-state index in [-0.39, 0.29) is 5.56 Å². The summed E-state index contributed by atoms with van der Waals surface area (Å²) in [6, 6.07) is 1.85. The molecule has 0 N–H and O–H groups in total. The molecule has 3 aromatic rings. The number of rotatable bonds is 2. The van der Waals surface area contributed by atoms with Crippen molar-refractivity contribution in [2.45, 2.75) is 6.18 Å². The van der Waals surface area contributed by atoms with Crippen molar-refractivity contribution >= 4 is 43.2 Å². The highest BCUT2D eigenvalue weighted by molar-refractivity contribution is 7.25. The number of anilines is 1. The Kier molecular flexibility index (Phi) is 4.34. The molecule has 5 nitrogen and oxygen atoms in total. The minimum atomic E-state index is -4.37. The molecule has 144 valence electrons. The molecule has 0 saturated heterocycles. The number of nitrogens with zero attached hydrogens (tertiary/aromatic N) is 4. The fourth-order valence-corrected chi connectivity index (χ4v) is 4.12. The maximum absolute atomic E-state index is 13.0. The summed E-state index contributed by atoms with van der Waals surface area (Å²) < 4.78 is 40.5. The first kappa shape index (κ1) is 18.4. The second-order valence-electron chi connectivity index (χ2n) is 6.51. The van der Waals surface area contributed by atoms with Crippen molar-refractivity contribution in [3.05, 3.63) is 59.3 Å². The van der Waals surface area contributed by atoms with E-state index >= 15 is 0 Å². The van der Waals surface area contributed by atoms with Gasteiger partial charge in [-0.25, -0.2) is 9.97 Å². The van der Waals surface area contributed by atoms with Crippen LogP contribution in [0.25, 0.3) is 26.1 Å². The van der Waals surface area contributed by atoms with Gasteiger partial charge in [0.05, 0.1) is 22.5 Å². The zero-order valence-corrected chi connectivity index (χ0v) is 15.8. The molecule has 9 heteroatoms. The first-order valence-corrected chi connectivity index (χ1v) is 9.19. The second kappa shape index (κ2) is 6.59. The van der Waals surface area contributed by atoms with Gasteiger partial charge in [-0.3, -0.25) is 9.36 Å². The van der Waals surface area contributed by atoms with Crippen molar-refractivity contribution in [2.24, 2.45) is 5.92 Å². The van der Waals surface area contributed by atoms with Crippen molar-refractivity contribution in [1.82, 2.24) is 14.5 Å². The minimum absolute atomic E-state index is 0.320. The van der Waals surface area contributed by atoms with Gasteiger partial charge < -0.3 is 4.90 Å². The van der Waals surface area contributed by atoms with Crippen LogP contribution in [0.5, 0.6) is 0 Å². The van der Waals surface area contributed by atoms with Crippen molar-refractivity contribution < 1.29 is 13.2 Å². The minimum Gasteiger partial charge on any atom is -0.377 e. The highest BCUT2D eigenvalue weighted by Gasteiger charge is 2.36. The third-order valence-corrected chi connectivity index (χ3v) is 5.53. The first-order chi connectivity index (χ1) is 13.3. The molecule has 1 aliphatic rings. The van der Waals surface area contributed by atoms with Gasteiger partial charge in [-0.2, -0.15) is 13.2 Å². The van der Waals surface area contributed by atoms with Gasteiger partial charge in [0.25, 0.3) is 5.56 Å². The topological polar surface area (TPSA) is 51.0 Å². The molecule has 0 aliphatic heterocycles. The van der Waals surface area contributed by atoms with Gasteiger partial charge in [-0.1, -0.05) is 18.2 Å².